The van der Waals surface area contributed by atoms with E-state index in [-0.39, 0.29) is 11.0 Å². The lowest BCUT2D eigenvalue weighted by atomic mass is 9.76. The molecule has 1 spiro atoms. The summed E-state index contributed by atoms with van der Waals surface area (Å²) >= 11 is 0. The number of pyridine rings is 1. The van der Waals surface area contributed by atoms with Gasteiger partial charge in [-0.25, -0.2) is 9.97 Å². The number of aromatic nitrogens is 5. The molecule has 28 heavy (non-hydrogen) atoms. The molecule has 0 amide bonds. The molecule has 1 saturated heterocycles. The van der Waals surface area contributed by atoms with Crippen LogP contribution in [-0.2, 0) is 18.4 Å². The Morgan fingerprint density at radius 3 is 2.82 bits per heavy atom. The number of imidazole rings is 1. The summed E-state index contributed by atoms with van der Waals surface area (Å²) < 4.78 is 0. The zero-order valence-corrected chi connectivity index (χ0v) is 16.0. The Balaban J connectivity index is 1.41. The lowest BCUT2D eigenvalue weighted by Gasteiger charge is -2.39. The van der Waals surface area contributed by atoms with Crippen LogP contribution in [0.25, 0.3) is 11.4 Å². The monoisotopic (exact) mass is 376 g/mol. The molecule has 3 aromatic rings. The van der Waals surface area contributed by atoms with E-state index in [2.05, 4.69) is 31.8 Å². The van der Waals surface area contributed by atoms with E-state index in [0.29, 0.717) is 5.82 Å². The number of fused-ring (bicyclic) bond motifs is 2. The second kappa shape index (κ2) is 6.67. The van der Waals surface area contributed by atoms with Gasteiger partial charge < -0.3 is 9.97 Å². The molecule has 0 aromatic carbocycles. The second-order valence-electron chi connectivity index (χ2n) is 8.01. The number of piperidine rings is 1. The quantitative estimate of drug-likeness (QED) is 0.732. The molecule has 2 N–H and O–H groups in total. The third-order valence-corrected chi connectivity index (χ3v) is 6.43. The molecule has 1 fully saturated rings. The minimum absolute atomic E-state index is 0.00954. The number of hydrogen-bond acceptors (Lipinski definition) is 5. The van der Waals surface area contributed by atoms with Crippen LogP contribution in [0.4, 0.5) is 0 Å². The molecule has 4 heterocycles. The molecule has 1 aliphatic carbocycles. The van der Waals surface area contributed by atoms with E-state index in [0.717, 1.165) is 73.5 Å². The summed E-state index contributed by atoms with van der Waals surface area (Å²) in [6.45, 7) is 4.95. The molecule has 7 nitrogen and oxygen atoms in total. The zero-order chi connectivity index (χ0) is 19.1. The number of aryl methyl sites for hydroxylation is 1. The van der Waals surface area contributed by atoms with E-state index in [4.69, 9.17) is 4.98 Å². The number of hydrogen-bond donors (Lipinski definition) is 2. The van der Waals surface area contributed by atoms with Gasteiger partial charge in [-0.15, -0.1) is 0 Å². The van der Waals surface area contributed by atoms with Crippen molar-refractivity contribution in [3.63, 3.8) is 0 Å². The van der Waals surface area contributed by atoms with Gasteiger partial charge >= 0.3 is 0 Å². The molecular weight excluding hydrogens is 352 g/mol. The van der Waals surface area contributed by atoms with E-state index >= 15 is 0 Å². The normalized spacial score (nSPS) is 18.5. The summed E-state index contributed by atoms with van der Waals surface area (Å²) in [5.41, 5.74) is 5.05. The number of aromatic amines is 2. The third-order valence-electron chi connectivity index (χ3n) is 6.43. The predicted octanol–water partition coefficient (Wildman–Crippen LogP) is 2.34. The van der Waals surface area contributed by atoms with Crippen molar-refractivity contribution in [3.8, 4) is 11.4 Å². The van der Waals surface area contributed by atoms with Gasteiger partial charge in [-0.05, 0) is 57.8 Å². The van der Waals surface area contributed by atoms with Crippen LogP contribution in [0.5, 0.6) is 0 Å². The summed E-state index contributed by atoms with van der Waals surface area (Å²) in [6, 6.07) is 3.81. The van der Waals surface area contributed by atoms with Crippen molar-refractivity contribution in [1.29, 1.82) is 0 Å². The van der Waals surface area contributed by atoms with E-state index in [9.17, 15) is 4.79 Å². The number of rotatable bonds is 3. The smallest absolute Gasteiger partial charge is 0.254 e. The molecule has 0 saturated carbocycles. The van der Waals surface area contributed by atoms with E-state index in [1.807, 2.05) is 12.1 Å². The number of nitrogens with zero attached hydrogens (tertiary/aromatic N) is 4. The van der Waals surface area contributed by atoms with Crippen molar-refractivity contribution >= 4 is 0 Å². The molecule has 0 atom stereocenters. The minimum atomic E-state index is 0.00954. The first-order chi connectivity index (χ1) is 13.6. The summed E-state index contributed by atoms with van der Waals surface area (Å²) in [5.74, 6) is 0.632. The van der Waals surface area contributed by atoms with Crippen LogP contribution in [0.1, 0.15) is 41.9 Å². The van der Waals surface area contributed by atoms with Crippen molar-refractivity contribution in [1.82, 2.24) is 29.8 Å². The molecule has 5 rings (SSSR count). The largest absolute Gasteiger partial charge is 0.348 e. The Morgan fingerprint density at radius 2 is 2.11 bits per heavy atom. The summed E-state index contributed by atoms with van der Waals surface area (Å²) in [5, 5.41) is 0. The van der Waals surface area contributed by atoms with Gasteiger partial charge in [0.2, 0.25) is 0 Å². The summed E-state index contributed by atoms with van der Waals surface area (Å²) in [4.78, 5) is 34.8. The van der Waals surface area contributed by atoms with Crippen molar-refractivity contribution in [2.75, 3.05) is 13.1 Å². The molecule has 144 valence electrons. The highest BCUT2D eigenvalue weighted by molar-refractivity contribution is 5.54. The van der Waals surface area contributed by atoms with E-state index in [1.54, 1.807) is 18.7 Å². The molecule has 2 aliphatic rings. The molecule has 3 aromatic heterocycles. The van der Waals surface area contributed by atoms with Crippen molar-refractivity contribution in [3.05, 3.63) is 63.9 Å². The average molecular weight is 376 g/mol. The van der Waals surface area contributed by atoms with Crippen LogP contribution in [0.15, 0.2) is 35.6 Å². The van der Waals surface area contributed by atoms with Gasteiger partial charge in [0, 0.05) is 41.2 Å². The topological polar surface area (TPSA) is 90.6 Å². The van der Waals surface area contributed by atoms with Crippen LogP contribution in [0, 0.1) is 6.92 Å². The summed E-state index contributed by atoms with van der Waals surface area (Å²) in [7, 11) is 0. The van der Waals surface area contributed by atoms with Gasteiger partial charge in [-0.1, -0.05) is 0 Å². The van der Waals surface area contributed by atoms with Crippen molar-refractivity contribution in [2.24, 2.45) is 0 Å². The van der Waals surface area contributed by atoms with Gasteiger partial charge in [0.05, 0.1) is 17.7 Å². The predicted molar refractivity (Wildman–Crippen MR) is 106 cm³/mol. The number of H-pyrrole nitrogens is 2. The fourth-order valence-corrected chi connectivity index (χ4v) is 4.67. The fourth-order valence-electron chi connectivity index (χ4n) is 4.67. The Morgan fingerprint density at radius 1 is 1.25 bits per heavy atom. The van der Waals surface area contributed by atoms with Gasteiger partial charge in [0.25, 0.3) is 5.56 Å². The third kappa shape index (κ3) is 2.86. The average Bonchev–Trinajstić information content (AvgIpc) is 3.29. The van der Waals surface area contributed by atoms with Crippen LogP contribution in [0.3, 0.4) is 0 Å². The van der Waals surface area contributed by atoms with Crippen LogP contribution in [-0.4, -0.2) is 42.9 Å². The van der Waals surface area contributed by atoms with E-state index < -0.39 is 0 Å². The van der Waals surface area contributed by atoms with Crippen LogP contribution in [0.2, 0.25) is 0 Å². The maximum Gasteiger partial charge on any atom is 0.254 e. The first kappa shape index (κ1) is 17.3. The SMILES string of the molecule is Cc1[nH]cnc1CN1CCC2(CCc3c2nc(-c2cccnc2)[nH]c3=O)CC1. The Kier molecular flexibility index (Phi) is 4.12. The lowest BCUT2D eigenvalue weighted by molar-refractivity contribution is 0.148. The molecular formula is C21H24N6O. The molecule has 7 heteroatoms. The molecule has 0 unspecified atom stereocenters. The number of nitrogens with one attached hydrogen (secondary N) is 2. The lowest BCUT2D eigenvalue weighted by Crippen LogP contribution is -2.42. The maximum atomic E-state index is 12.7. The van der Waals surface area contributed by atoms with Gasteiger partial charge in [0.15, 0.2) is 0 Å². The molecule has 0 bridgehead atoms. The fraction of sp³-hybridized carbons (Fsp3) is 0.429. The van der Waals surface area contributed by atoms with Gasteiger partial charge in [-0.2, -0.15) is 0 Å². The minimum Gasteiger partial charge on any atom is -0.348 e. The van der Waals surface area contributed by atoms with Gasteiger partial charge in [-0.3, -0.25) is 14.7 Å². The van der Waals surface area contributed by atoms with Crippen LogP contribution < -0.4 is 5.56 Å². The Bertz CT molecular complexity index is 1050. The van der Waals surface area contributed by atoms with E-state index in [1.165, 1.54) is 0 Å². The standard InChI is InChI=1S/C21H24N6O/c1-14-17(24-13-23-14)12-27-9-6-21(7-10-27)5-4-16-18(21)25-19(26-20(16)28)15-3-2-8-22-11-15/h2-3,8,11,13H,4-7,9-10,12H2,1H3,(H,23,24)(H,25,26,28). The first-order valence-electron chi connectivity index (χ1n) is 9.90. The highest BCUT2D eigenvalue weighted by Gasteiger charge is 2.44. The highest BCUT2D eigenvalue weighted by atomic mass is 16.1. The Labute approximate surface area is 163 Å². The second-order valence-corrected chi connectivity index (χ2v) is 8.01. The van der Waals surface area contributed by atoms with Crippen LogP contribution >= 0.6 is 0 Å². The number of likely N-dealkylation sites (tertiary alicyclic amines) is 1. The maximum absolute atomic E-state index is 12.7. The zero-order valence-electron chi connectivity index (χ0n) is 16.0. The molecule has 0 radical (unpaired) electrons. The highest BCUT2D eigenvalue weighted by Crippen LogP contribution is 2.44. The summed E-state index contributed by atoms with van der Waals surface area (Å²) in [6.07, 6.45) is 9.15. The molecule has 1 aliphatic heterocycles. The first-order valence-corrected chi connectivity index (χ1v) is 9.90. The van der Waals surface area contributed by atoms with Crippen molar-refractivity contribution in [2.45, 2.75) is 44.6 Å². The Hall–Kier alpha value is -2.80. The van der Waals surface area contributed by atoms with Crippen molar-refractivity contribution < 1.29 is 0 Å². The van der Waals surface area contributed by atoms with Gasteiger partial charge in [0.1, 0.15) is 5.82 Å².